The minimum atomic E-state index is -0.439. The topological polar surface area (TPSA) is 71.5 Å². The largest absolute Gasteiger partial charge is 0.504 e. The minimum Gasteiger partial charge on any atom is -0.504 e. The summed E-state index contributed by atoms with van der Waals surface area (Å²) in [6.45, 7) is 0.309. The summed E-state index contributed by atoms with van der Waals surface area (Å²) >= 11 is 15.9. The number of nitrogens with one attached hydrogen (secondary N) is 1. The predicted octanol–water partition coefficient (Wildman–Crippen LogP) is 3.65. The zero-order chi connectivity index (χ0) is 16.1. The number of hydrogen-bond acceptors (Lipinski definition) is 5. The summed E-state index contributed by atoms with van der Waals surface area (Å²) in [5, 5.41) is 12.7. The zero-order valence-corrected chi connectivity index (χ0v) is 13.6. The Balaban J connectivity index is 2.23. The zero-order valence-electron chi connectivity index (χ0n) is 11.2. The van der Waals surface area contributed by atoms with Gasteiger partial charge in [-0.3, -0.25) is 9.78 Å². The molecule has 1 aromatic carbocycles. The number of carbonyl (C=O) groups is 1. The van der Waals surface area contributed by atoms with Crippen LogP contribution in [0.2, 0.25) is 10.0 Å². The highest BCUT2D eigenvalue weighted by Gasteiger charge is 2.14. The molecule has 2 aromatic rings. The number of halogens is 2. The second kappa shape index (κ2) is 7.58. The average molecular weight is 359 g/mol. The highest BCUT2D eigenvalue weighted by Crippen LogP contribution is 2.30. The first-order valence-electron chi connectivity index (χ1n) is 6.20. The smallest absolute Gasteiger partial charge is 0.255 e. The molecular formula is C14H12Cl2N2O3S. The van der Waals surface area contributed by atoms with Crippen molar-refractivity contribution in [1.29, 1.82) is 0 Å². The van der Waals surface area contributed by atoms with E-state index in [0.717, 1.165) is 0 Å². The van der Waals surface area contributed by atoms with Gasteiger partial charge >= 0.3 is 0 Å². The van der Waals surface area contributed by atoms with Crippen LogP contribution in [0.25, 0.3) is 0 Å². The summed E-state index contributed by atoms with van der Waals surface area (Å²) in [5.41, 5.74) is 0.560. The van der Waals surface area contributed by atoms with Gasteiger partial charge in [0.25, 0.3) is 5.91 Å². The van der Waals surface area contributed by atoms with Crippen molar-refractivity contribution in [3.05, 3.63) is 46.2 Å². The van der Waals surface area contributed by atoms with Crippen LogP contribution in [0.3, 0.4) is 0 Å². The van der Waals surface area contributed by atoms with Gasteiger partial charge in [-0.25, -0.2) is 0 Å². The number of ether oxygens (including phenoxy) is 1. The first kappa shape index (κ1) is 16.7. The number of rotatable bonds is 5. The number of amides is 1. The van der Waals surface area contributed by atoms with Gasteiger partial charge < -0.3 is 15.2 Å². The monoisotopic (exact) mass is 358 g/mol. The molecule has 0 fully saturated rings. The van der Waals surface area contributed by atoms with Crippen molar-refractivity contribution < 1.29 is 14.6 Å². The number of phenols is 1. The van der Waals surface area contributed by atoms with Crippen LogP contribution < -0.4 is 10.1 Å². The second-order valence-corrected chi connectivity index (χ2v) is 5.45. The molecule has 0 aliphatic rings. The summed E-state index contributed by atoms with van der Waals surface area (Å²) in [6, 6.07) is 4.26. The van der Waals surface area contributed by atoms with E-state index in [1.54, 1.807) is 0 Å². The fourth-order valence-electron chi connectivity index (χ4n) is 1.64. The predicted molar refractivity (Wildman–Crippen MR) is 89.7 cm³/mol. The van der Waals surface area contributed by atoms with E-state index in [1.165, 1.54) is 30.6 Å². The van der Waals surface area contributed by atoms with E-state index in [-0.39, 0.29) is 32.8 Å². The fourth-order valence-corrected chi connectivity index (χ4v) is 2.19. The molecule has 1 heterocycles. The molecule has 0 saturated heterocycles. The molecular weight excluding hydrogens is 347 g/mol. The molecule has 8 heteroatoms. The summed E-state index contributed by atoms with van der Waals surface area (Å²) in [6.07, 6.45) is 2.75. The third-order valence-electron chi connectivity index (χ3n) is 2.66. The lowest BCUT2D eigenvalue weighted by molar-refractivity contribution is 0.102. The van der Waals surface area contributed by atoms with E-state index in [4.69, 9.17) is 27.9 Å². The number of hydrogen-bond donors (Lipinski definition) is 3. The summed E-state index contributed by atoms with van der Waals surface area (Å²) in [7, 11) is 0. The van der Waals surface area contributed by atoms with Crippen molar-refractivity contribution in [1.82, 2.24) is 4.98 Å². The normalized spacial score (nSPS) is 10.3. The van der Waals surface area contributed by atoms with Gasteiger partial charge in [-0.1, -0.05) is 23.2 Å². The molecule has 22 heavy (non-hydrogen) atoms. The maximum atomic E-state index is 12.3. The van der Waals surface area contributed by atoms with E-state index < -0.39 is 5.91 Å². The van der Waals surface area contributed by atoms with Crippen LogP contribution in [-0.2, 0) is 0 Å². The van der Waals surface area contributed by atoms with Gasteiger partial charge in [-0.2, -0.15) is 12.6 Å². The van der Waals surface area contributed by atoms with E-state index in [1.807, 2.05) is 0 Å². The Kier molecular flexibility index (Phi) is 5.76. The van der Waals surface area contributed by atoms with Gasteiger partial charge in [-0.15, -0.1) is 0 Å². The standard InChI is InChI=1S/C14H12Cl2N2O3S/c15-9-6-17-7-10(16)13(9)18-14(20)8-1-2-11(19)12(5-8)21-3-4-22/h1-2,5-7,19,22H,3-4H2,(H,17,18,20). The fraction of sp³-hybridized carbons (Fsp3) is 0.143. The first-order valence-corrected chi connectivity index (χ1v) is 7.58. The molecule has 0 saturated carbocycles. The van der Waals surface area contributed by atoms with Gasteiger partial charge in [0.2, 0.25) is 0 Å². The van der Waals surface area contributed by atoms with Crippen LogP contribution in [-0.4, -0.2) is 28.4 Å². The van der Waals surface area contributed by atoms with Crippen molar-refractivity contribution in [2.24, 2.45) is 0 Å². The third kappa shape index (κ3) is 3.97. The highest BCUT2D eigenvalue weighted by atomic mass is 35.5. The lowest BCUT2D eigenvalue weighted by atomic mass is 10.2. The lowest BCUT2D eigenvalue weighted by Gasteiger charge is -2.11. The Morgan fingerprint density at radius 2 is 2.00 bits per heavy atom. The second-order valence-electron chi connectivity index (χ2n) is 4.19. The molecule has 0 bridgehead atoms. The van der Waals surface area contributed by atoms with Crippen molar-refractivity contribution >= 4 is 47.4 Å². The number of phenolic OH excluding ortho intramolecular Hbond substituents is 1. The van der Waals surface area contributed by atoms with Gasteiger partial charge in [0, 0.05) is 23.7 Å². The van der Waals surface area contributed by atoms with Crippen LogP contribution >= 0.6 is 35.8 Å². The molecule has 0 radical (unpaired) electrons. The Morgan fingerprint density at radius 1 is 1.32 bits per heavy atom. The first-order chi connectivity index (χ1) is 10.5. The number of thiol groups is 1. The van der Waals surface area contributed by atoms with Crippen molar-refractivity contribution in [3.63, 3.8) is 0 Å². The van der Waals surface area contributed by atoms with Crippen LogP contribution in [0.4, 0.5) is 5.69 Å². The van der Waals surface area contributed by atoms with E-state index in [0.29, 0.717) is 12.4 Å². The van der Waals surface area contributed by atoms with Crippen molar-refractivity contribution in [2.45, 2.75) is 0 Å². The number of nitrogens with zero attached hydrogens (tertiary/aromatic N) is 1. The summed E-state index contributed by atoms with van der Waals surface area (Å²) < 4.78 is 5.31. The molecule has 2 N–H and O–H groups in total. The number of carbonyl (C=O) groups excluding carboxylic acids is 1. The molecule has 0 atom stereocenters. The Hall–Kier alpha value is -1.63. The maximum Gasteiger partial charge on any atom is 0.255 e. The summed E-state index contributed by atoms with van der Waals surface area (Å²) in [5.74, 6) is 0.190. The molecule has 5 nitrogen and oxygen atoms in total. The number of pyridine rings is 1. The maximum absolute atomic E-state index is 12.3. The number of benzene rings is 1. The number of aromatic hydroxyl groups is 1. The Morgan fingerprint density at radius 3 is 2.64 bits per heavy atom. The quantitative estimate of drug-likeness (QED) is 0.713. The molecule has 0 spiro atoms. The van der Waals surface area contributed by atoms with Crippen LogP contribution in [0.5, 0.6) is 11.5 Å². The molecule has 1 amide bonds. The van der Waals surface area contributed by atoms with Crippen LogP contribution in [0, 0.1) is 0 Å². The molecule has 0 aliphatic carbocycles. The molecule has 2 rings (SSSR count). The van der Waals surface area contributed by atoms with Gasteiger partial charge in [0.1, 0.15) is 0 Å². The molecule has 1 aromatic heterocycles. The molecule has 0 aliphatic heterocycles. The number of aromatic nitrogens is 1. The van der Waals surface area contributed by atoms with Crippen molar-refractivity contribution in [3.8, 4) is 11.5 Å². The van der Waals surface area contributed by atoms with Crippen LogP contribution in [0.1, 0.15) is 10.4 Å². The average Bonchev–Trinajstić information content (AvgIpc) is 2.50. The van der Waals surface area contributed by atoms with Gasteiger partial charge in [-0.05, 0) is 18.2 Å². The Labute approximate surface area is 142 Å². The van der Waals surface area contributed by atoms with Gasteiger partial charge in [0.05, 0.1) is 22.3 Å². The van der Waals surface area contributed by atoms with E-state index in [2.05, 4.69) is 22.9 Å². The highest BCUT2D eigenvalue weighted by molar-refractivity contribution is 7.80. The Bertz CT molecular complexity index is 678. The third-order valence-corrected chi connectivity index (χ3v) is 3.42. The van der Waals surface area contributed by atoms with Crippen LogP contribution in [0.15, 0.2) is 30.6 Å². The number of anilines is 1. The SMILES string of the molecule is O=C(Nc1c(Cl)cncc1Cl)c1ccc(O)c(OCCS)c1. The van der Waals surface area contributed by atoms with Gasteiger partial charge in [0.15, 0.2) is 11.5 Å². The van der Waals surface area contributed by atoms with Crippen molar-refractivity contribution in [2.75, 3.05) is 17.7 Å². The van der Waals surface area contributed by atoms with E-state index in [9.17, 15) is 9.90 Å². The molecule has 0 unspecified atom stereocenters. The minimum absolute atomic E-state index is 0.0571. The summed E-state index contributed by atoms with van der Waals surface area (Å²) in [4.78, 5) is 16.1. The van der Waals surface area contributed by atoms with E-state index >= 15 is 0 Å². The molecule has 116 valence electrons. The lowest BCUT2D eigenvalue weighted by Crippen LogP contribution is -2.13.